The summed E-state index contributed by atoms with van der Waals surface area (Å²) in [5, 5.41) is 9.38. The van der Waals surface area contributed by atoms with Gasteiger partial charge in [0.15, 0.2) is 5.69 Å². The third-order valence-corrected chi connectivity index (χ3v) is 4.21. The molecule has 1 aliphatic rings. The van der Waals surface area contributed by atoms with E-state index in [1.807, 2.05) is 29.7 Å². The first-order chi connectivity index (χ1) is 10.2. The van der Waals surface area contributed by atoms with E-state index in [9.17, 15) is 9.90 Å². The highest BCUT2D eigenvalue weighted by atomic mass is 16.4. The average molecular weight is 287 g/mol. The molecule has 0 amide bonds. The van der Waals surface area contributed by atoms with Gasteiger partial charge in [-0.2, -0.15) is 0 Å². The molecule has 0 spiro atoms. The zero-order valence-electron chi connectivity index (χ0n) is 12.4. The van der Waals surface area contributed by atoms with Crippen molar-refractivity contribution in [2.75, 3.05) is 13.1 Å². The summed E-state index contributed by atoms with van der Waals surface area (Å²) in [6, 6.07) is 3.88. The van der Waals surface area contributed by atoms with Gasteiger partial charge in [0.1, 0.15) is 5.82 Å². The number of carbonyl (C=O) groups is 1. The predicted octanol–water partition coefficient (Wildman–Crippen LogP) is 2.72. The minimum atomic E-state index is -0.955. The first kappa shape index (κ1) is 14.1. The summed E-state index contributed by atoms with van der Waals surface area (Å²) in [6.07, 6.45) is 6.92. The Morgan fingerprint density at radius 3 is 2.67 bits per heavy atom. The number of hydrogen-bond acceptors (Lipinski definition) is 3. The van der Waals surface area contributed by atoms with Gasteiger partial charge < -0.3 is 9.51 Å². The van der Waals surface area contributed by atoms with E-state index in [1.165, 1.54) is 25.7 Å². The molecule has 0 unspecified atom stereocenters. The number of hydrogen-bond donors (Lipinski definition) is 1. The molecular weight excluding hydrogens is 266 g/mol. The fourth-order valence-corrected chi connectivity index (χ4v) is 3.12. The van der Waals surface area contributed by atoms with Crippen LogP contribution in [0, 0.1) is 6.92 Å². The van der Waals surface area contributed by atoms with E-state index < -0.39 is 5.97 Å². The van der Waals surface area contributed by atoms with E-state index in [2.05, 4.69) is 9.88 Å². The molecule has 2 aromatic heterocycles. The van der Waals surface area contributed by atoms with Gasteiger partial charge in [0.05, 0.1) is 12.1 Å². The number of fused-ring (bicyclic) bond motifs is 1. The van der Waals surface area contributed by atoms with E-state index >= 15 is 0 Å². The Labute approximate surface area is 124 Å². The summed E-state index contributed by atoms with van der Waals surface area (Å²) in [6.45, 7) is 4.79. The molecule has 1 N–H and O–H groups in total. The second kappa shape index (κ2) is 5.85. The van der Waals surface area contributed by atoms with Crippen molar-refractivity contribution in [1.82, 2.24) is 14.3 Å². The van der Waals surface area contributed by atoms with Gasteiger partial charge in [-0.1, -0.05) is 18.9 Å². The zero-order chi connectivity index (χ0) is 14.8. The molecule has 5 nitrogen and oxygen atoms in total. The Morgan fingerprint density at radius 2 is 2.00 bits per heavy atom. The summed E-state index contributed by atoms with van der Waals surface area (Å²) in [7, 11) is 0. The van der Waals surface area contributed by atoms with Crippen LogP contribution in [0.3, 0.4) is 0 Å². The van der Waals surface area contributed by atoms with E-state index in [4.69, 9.17) is 0 Å². The summed E-state index contributed by atoms with van der Waals surface area (Å²) in [5.74, 6) is -0.128. The van der Waals surface area contributed by atoms with Crippen molar-refractivity contribution in [3.05, 3.63) is 35.4 Å². The van der Waals surface area contributed by atoms with Crippen molar-refractivity contribution in [1.29, 1.82) is 0 Å². The third kappa shape index (κ3) is 2.78. The van der Waals surface area contributed by atoms with Crippen LogP contribution >= 0.6 is 0 Å². The Balaban J connectivity index is 1.98. The molecule has 0 aliphatic carbocycles. The van der Waals surface area contributed by atoms with E-state index in [0.717, 1.165) is 36.5 Å². The van der Waals surface area contributed by atoms with Crippen LogP contribution < -0.4 is 0 Å². The lowest BCUT2D eigenvalue weighted by Crippen LogP contribution is -2.25. The Morgan fingerprint density at radius 1 is 1.29 bits per heavy atom. The maximum atomic E-state index is 11.4. The van der Waals surface area contributed by atoms with Crippen LogP contribution in [-0.4, -0.2) is 38.4 Å². The Kier molecular flexibility index (Phi) is 3.92. The first-order valence-corrected chi connectivity index (χ1v) is 7.59. The lowest BCUT2D eigenvalue weighted by molar-refractivity contribution is 0.0693. The lowest BCUT2D eigenvalue weighted by Gasteiger charge is -2.18. The van der Waals surface area contributed by atoms with Crippen LogP contribution in [-0.2, 0) is 6.54 Å². The van der Waals surface area contributed by atoms with Crippen molar-refractivity contribution in [3.63, 3.8) is 0 Å². The highest BCUT2D eigenvalue weighted by Crippen LogP contribution is 2.20. The average Bonchev–Trinajstić information content (AvgIpc) is 2.65. The van der Waals surface area contributed by atoms with Gasteiger partial charge in [0.2, 0.25) is 0 Å². The third-order valence-electron chi connectivity index (χ3n) is 4.21. The molecule has 0 bridgehead atoms. The standard InChI is InChI=1S/C16H21N3O2/c1-12-7-6-10-19-13(17-14(15(12)19)16(20)21)11-18-8-4-2-3-5-9-18/h6-7,10H,2-5,8-9,11H2,1H3,(H,20,21). The minimum absolute atomic E-state index is 0.165. The largest absolute Gasteiger partial charge is 0.476 e. The quantitative estimate of drug-likeness (QED) is 0.943. The second-order valence-corrected chi connectivity index (χ2v) is 5.78. The minimum Gasteiger partial charge on any atom is -0.476 e. The lowest BCUT2D eigenvalue weighted by atomic mass is 10.2. The van der Waals surface area contributed by atoms with E-state index in [0.29, 0.717) is 0 Å². The van der Waals surface area contributed by atoms with Crippen LogP contribution in [0.5, 0.6) is 0 Å². The molecule has 112 valence electrons. The normalized spacial score (nSPS) is 17.0. The maximum absolute atomic E-state index is 11.4. The maximum Gasteiger partial charge on any atom is 0.356 e. The molecule has 3 heterocycles. The van der Waals surface area contributed by atoms with Crippen LogP contribution in [0.2, 0.25) is 0 Å². The van der Waals surface area contributed by atoms with Crippen LogP contribution in [0.1, 0.15) is 47.6 Å². The van der Waals surface area contributed by atoms with Gasteiger partial charge >= 0.3 is 5.97 Å². The van der Waals surface area contributed by atoms with Gasteiger partial charge in [-0.05, 0) is 44.5 Å². The molecule has 0 atom stereocenters. The van der Waals surface area contributed by atoms with Gasteiger partial charge in [0.25, 0.3) is 0 Å². The summed E-state index contributed by atoms with van der Waals surface area (Å²) >= 11 is 0. The summed E-state index contributed by atoms with van der Waals surface area (Å²) < 4.78 is 1.93. The van der Waals surface area contributed by atoms with Crippen molar-refractivity contribution < 1.29 is 9.90 Å². The first-order valence-electron chi connectivity index (χ1n) is 7.59. The fourth-order valence-electron chi connectivity index (χ4n) is 3.12. The molecule has 0 aromatic carbocycles. The highest BCUT2D eigenvalue weighted by molar-refractivity contribution is 5.94. The number of rotatable bonds is 3. The predicted molar refractivity (Wildman–Crippen MR) is 80.6 cm³/mol. The molecule has 21 heavy (non-hydrogen) atoms. The smallest absolute Gasteiger partial charge is 0.356 e. The van der Waals surface area contributed by atoms with Crippen LogP contribution in [0.4, 0.5) is 0 Å². The number of pyridine rings is 1. The number of aryl methyl sites for hydroxylation is 1. The molecule has 3 rings (SSSR count). The van der Waals surface area contributed by atoms with Gasteiger partial charge in [0, 0.05) is 6.20 Å². The number of nitrogens with zero attached hydrogens (tertiary/aromatic N) is 3. The molecule has 0 saturated carbocycles. The van der Waals surface area contributed by atoms with Crippen LogP contribution in [0.25, 0.3) is 5.52 Å². The number of aromatic nitrogens is 2. The van der Waals surface area contributed by atoms with Gasteiger partial charge in [-0.25, -0.2) is 9.78 Å². The number of likely N-dealkylation sites (tertiary alicyclic amines) is 1. The van der Waals surface area contributed by atoms with Crippen molar-refractivity contribution in [2.45, 2.75) is 39.2 Å². The SMILES string of the molecule is Cc1cccn2c(CN3CCCCCC3)nc(C(=O)O)c12. The van der Waals surface area contributed by atoms with E-state index in [1.54, 1.807) is 0 Å². The zero-order valence-corrected chi connectivity index (χ0v) is 12.4. The number of imidazole rings is 1. The topological polar surface area (TPSA) is 57.8 Å². The van der Waals surface area contributed by atoms with Gasteiger partial charge in [-0.15, -0.1) is 0 Å². The summed E-state index contributed by atoms with van der Waals surface area (Å²) in [5.41, 5.74) is 1.83. The van der Waals surface area contributed by atoms with Crippen LogP contribution in [0.15, 0.2) is 18.3 Å². The monoisotopic (exact) mass is 287 g/mol. The van der Waals surface area contributed by atoms with Crippen molar-refractivity contribution >= 4 is 11.5 Å². The highest BCUT2D eigenvalue weighted by Gasteiger charge is 2.20. The van der Waals surface area contributed by atoms with Gasteiger partial charge in [-0.3, -0.25) is 4.90 Å². The molecule has 0 radical (unpaired) electrons. The molecular formula is C16H21N3O2. The molecule has 1 fully saturated rings. The number of aromatic carboxylic acids is 1. The molecule has 5 heteroatoms. The van der Waals surface area contributed by atoms with Crippen molar-refractivity contribution in [2.24, 2.45) is 0 Å². The number of carboxylic acid groups (broad SMARTS) is 1. The van der Waals surface area contributed by atoms with E-state index in [-0.39, 0.29) is 5.69 Å². The summed E-state index contributed by atoms with van der Waals surface area (Å²) in [4.78, 5) is 18.2. The Bertz CT molecular complexity index is 655. The molecule has 1 aliphatic heterocycles. The fraction of sp³-hybridized carbons (Fsp3) is 0.500. The number of carboxylic acids is 1. The van der Waals surface area contributed by atoms with Crippen molar-refractivity contribution in [3.8, 4) is 0 Å². The molecule has 2 aromatic rings. The second-order valence-electron chi connectivity index (χ2n) is 5.78. The Hall–Kier alpha value is -1.88. The molecule has 1 saturated heterocycles.